The van der Waals surface area contributed by atoms with Gasteiger partial charge in [0.1, 0.15) is 0 Å². The molecule has 0 aromatic carbocycles. The first-order chi connectivity index (χ1) is 8.01. The molecule has 3 fully saturated rings. The number of nitrogens with zero attached hydrogens (tertiary/aromatic N) is 1. The highest BCUT2D eigenvalue weighted by Gasteiger charge is 2.65. The second-order valence-electron chi connectivity index (χ2n) is 6.18. The number of allylic oxidation sites excluding steroid dienone is 1. The van der Waals surface area contributed by atoms with Crippen LogP contribution < -0.4 is 5.32 Å². The molecule has 3 rings (SSSR count). The molecule has 1 amide bonds. The summed E-state index contributed by atoms with van der Waals surface area (Å²) < 4.78 is 0. The standard InChI is InChI=1S/C14H18N2O/c1-7(2)14(6-15)5-9-4-10(14)12-11(9)8(3)16-13(12)17/h7,9-12H,3-5H2,1-2H3,(H,16,17). The summed E-state index contributed by atoms with van der Waals surface area (Å²) in [6.07, 6.45) is 1.98. The van der Waals surface area contributed by atoms with Crippen molar-refractivity contribution in [2.45, 2.75) is 26.7 Å². The van der Waals surface area contributed by atoms with Crippen molar-refractivity contribution < 1.29 is 4.79 Å². The fourth-order valence-corrected chi connectivity index (χ4v) is 4.58. The van der Waals surface area contributed by atoms with Crippen LogP contribution in [0.4, 0.5) is 0 Å². The first-order valence-electron chi connectivity index (χ1n) is 6.42. The number of carbonyl (C=O) groups is 1. The van der Waals surface area contributed by atoms with Gasteiger partial charge in [0.2, 0.25) is 5.91 Å². The lowest BCUT2D eigenvalue weighted by atomic mass is 9.61. The van der Waals surface area contributed by atoms with E-state index < -0.39 is 0 Å². The maximum atomic E-state index is 12.0. The highest BCUT2D eigenvalue weighted by atomic mass is 16.2. The lowest BCUT2D eigenvalue weighted by Crippen LogP contribution is -2.41. The van der Waals surface area contributed by atoms with Crippen molar-refractivity contribution >= 4 is 5.91 Å². The van der Waals surface area contributed by atoms with E-state index in [9.17, 15) is 10.1 Å². The average molecular weight is 230 g/mol. The number of hydrogen-bond donors (Lipinski definition) is 1. The third-order valence-electron chi connectivity index (χ3n) is 5.37. The minimum absolute atomic E-state index is 0.0169. The first kappa shape index (κ1) is 10.8. The van der Waals surface area contributed by atoms with Crippen LogP contribution in [0.3, 0.4) is 0 Å². The third-order valence-corrected chi connectivity index (χ3v) is 5.37. The van der Waals surface area contributed by atoms with E-state index in [2.05, 4.69) is 31.8 Å². The van der Waals surface area contributed by atoms with E-state index in [1.54, 1.807) is 0 Å². The zero-order valence-electron chi connectivity index (χ0n) is 10.4. The SMILES string of the molecule is C=C1NC(=O)C2C1C1CC2C(C#N)(C(C)C)C1. The van der Waals surface area contributed by atoms with Crippen LogP contribution in [0.2, 0.25) is 0 Å². The van der Waals surface area contributed by atoms with Crippen LogP contribution in [0, 0.1) is 46.3 Å². The molecule has 0 spiro atoms. The highest BCUT2D eigenvalue weighted by Crippen LogP contribution is 2.66. The Bertz CT molecular complexity index is 448. The minimum Gasteiger partial charge on any atom is -0.330 e. The predicted octanol–water partition coefficient (Wildman–Crippen LogP) is 2.07. The zero-order chi connectivity index (χ0) is 12.4. The molecule has 2 aliphatic carbocycles. The molecule has 1 saturated heterocycles. The molecule has 0 radical (unpaired) electrons. The van der Waals surface area contributed by atoms with Crippen LogP contribution in [0.1, 0.15) is 26.7 Å². The van der Waals surface area contributed by atoms with Gasteiger partial charge in [-0.05, 0) is 30.6 Å². The second-order valence-corrected chi connectivity index (χ2v) is 6.18. The Balaban J connectivity index is 2.03. The van der Waals surface area contributed by atoms with Gasteiger partial charge in [-0.15, -0.1) is 0 Å². The quantitative estimate of drug-likeness (QED) is 0.749. The fourth-order valence-electron chi connectivity index (χ4n) is 4.58. The van der Waals surface area contributed by atoms with Gasteiger partial charge < -0.3 is 5.32 Å². The van der Waals surface area contributed by atoms with Gasteiger partial charge in [-0.1, -0.05) is 20.4 Å². The predicted molar refractivity (Wildman–Crippen MR) is 63.4 cm³/mol. The first-order valence-corrected chi connectivity index (χ1v) is 6.42. The molecule has 17 heavy (non-hydrogen) atoms. The number of carbonyl (C=O) groups excluding carboxylic acids is 1. The molecule has 5 unspecified atom stereocenters. The molecule has 5 atom stereocenters. The van der Waals surface area contributed by atoms with Crippen LogP contribution in [0.5, 0.6) is 0 Å². The van der Waals surface area contributed by atoms with Crippen molar-refractivity contribution in [2.24, 2.45) is 35.0 Å². The van der Waals surface area contributed by atoms with Crippen molar-refractivity contribution in [3.8, 4) is 6.07 Å². The normalized spacial score (nSPS) is 47.2. The molecule has 1 heterocycles. The van der Waals surface area contributed by atoms with Crippen LogP contribution >= 0.6 is 0 Å². The largest absolute Gasteiger partial charge is 0.330 e. The Hall–Kier alpha value is -1.30. The molecule has 3 aliphatic rings. The number of amides is 1. The molecular formula is C14H18N2O. The summed E-state index contributed by atoms with van der Waals surface area (Å²) in [6, 6.07) is 2.55. The number of rotatable bonds is 1. The molecule has 1 N–H and O–H groups in total. The van der Waals surface area contributed by atoms with Crippen LogP contribution in [-0.4, -0.2) is 5.91 Å². The molecule has 2 saturated carbocycles. The monoisotopic (exact) mass is 230 g/mol. The topological polar surface area (TPSA) is 52.9 Å². The van der Waals surface area contributed by atoms with Crippen molar-refractivity contribution in [3.63, 3.8) is 0 Å². The molecule has 3 heteroatoms. The van der Waals surface area contributed by atoms with Crippen molar-refractivity contribution in [1.29, 1.82) is 5.26 Å². The van der Waals surface area contributed by atoms with Gasteiger partial charge in [-0.3, -0.25) is 4.79 Å². The van der Waals surface area contributed by atoms with E-state index in [0.29, 0.717) is 17.8 Å². The number of hydrogen-bond acceptors (Lipinski definition) is 2. The Morgan fingerprint density at radius 2 is 2.24 bits per heavy atom. The van der Waals surface area contributed by atoms with Gasteiger partial charge in [-0.25, -0.2) is 0 Å². The van der Waals surface area contributed by atoms with E-state index in [4.69, 9.17) is 0 Å². The maximum Gasteiger partial charge on any atom is 0.228 e. The molecule has 1 aliphatic heterocycles. The van der Waals surface area contributed by atoms with Gasteiger partial charge in [0.25, 0.3) is 0 Å². The Morgan fingerprint density at radius 1 is 1.53 bits per heavy atom. The minimum atomic E-state index is -0.284. The van der Waals surface area contributed by atoms with Crippen molar-refractivity contribution in [3.05, 3.63) is 12.3 Å². The van der Waals surface area contributed by atoms with E-state index in [0.717, 1.165) is 18.5 Å². The average Bonchev–Trinajstić information content (AvgIpc) is 2.89. The molecule has 2 bridgehead atoms. The van der Waals surface area contributed by atoms with Crippen molar-refractivity contribution in [1.82, 2.24) is 5.32 Å². The van der Waals surface area contributed by atoms with Gasteiger partial charge in [0, 0.05) is 11.6 Å². The Labute approximate surface area is 102 Å². The summed E-state index contributed by atoms with van der Waals surface area (Å²) >= 11 is 0. The van der Waals surface area contributed by atoms with E-state index in [-0.39, 0.29) is 23.2 Å². The Morgan fingerprint density at radius 3 is 2.82 bits per heavy atom. The third kappa shape index (κ3) is 1.09. The van der Waals surface area contributed by atoms with Crippen LogP contribution in [-0.2, 0) is 4.79 Å². The number of nitrogens with one attached hydrogen (secondary N) is 1. The molecule has 90 valence electrons. The smallest absolute Gasteiger partial charge is 0.228 e. The Kier molecular flexibility index (Phi) is 1.99. The van der Waals surface area contributed by atoms with Crippen LogP contribution in [0.15, 0.2) is 12.3 Å². The van der Waals surface area contributed by atoms with E-state index in [1.807, 2.05) is 0 Å². The lowest BCUT2D eigenvalue weighted by molar-refractivity contribution is -0.125. The maximum absolute atomic E-state index is 12.0. The molecule has 3 nitrogen and oxygen atoms in total. The summed E-state index contributed by atoms with van der Waals surface area (Å²) in [6.45, 7) is 8.19. The molecule has 0 aromatic heterocycles. The number of nitriles is 1. The lowest BCUT2D eigenvalue weighted by Gasteiger charge is -2.39. The highest BCUT2D eigenvalue weighted by molar-refractivity contribution is 5.85. The van der Waals surface area contributed by atoms with E-state index >= 15 is 0 Å². The summed E-state index contributed by atoms with van der Waals surface area (Å²) in [4.78, 5) is 12.0. The second kappa shape index (κ2) is 3.13. The summed E-state index contributed by atoms with van der Waals surface area (Å²) in [5.74, 6) is 1.47. The van der Waals surface area contributed by atoms with Gasteiger partial charge >= 0.3 is 0 Å². The zero-order valence-corrected chi connectivity index (χ0v) is 10.4. The van der Waals surface area contributed by atoms with Gasteiger partial charge in [-0.2, -0.15) is 5.26 Å². The van der Waals surface area contributed by atoms with E-state index in [1.165, 1.54) is 0 Å². The number of fused-ring (bicyclic) bond motifs is 5. The van der Waals surface area contributed by atoms with Gasteiger partial charge in [0.15, 0.2) is 0 Å². The molecular weight excluding hydrogens is 212 g/mol. The van der Waals surface area contributed by atoms with Crippen LogP contribution in [0.25, 0.3) is 0 Å². The van der Waals surface area contributed by atoms with Gasteiger partial charge in [0.05, 0.1) is 17.4 Å². The molecule has 0 aromatic rings. The summed E-state index contributed by atoms with van der Waals surface area (Å²) in [7, 11) is 0. The van der Waals surface area contributed by atoms with Crippen molar-refractivity contribution in [2.75, 3.05) is 0 Å². The summed E-state index contributed by atoms with van der Waals surface area (Å²) in [5, 5.41) is 12.5. The fraction of sp³-hybridized carbons (Fsp3) is 0.714. The summed E-state index contributed by atoms with van der Waals surface area (Å²) in [5.41, 5.74) is 0.608.